The molecular weight excluding hydrogens is 200 g/mol. The molecule has 2 unspecified atom stereocenters. The van der Waals surface area contributed by atoms with Crippen LogP contribution in [-0.4, -0.2) is 24.4 Å². The molecule has 98 valence electrons. The number of rotatable bonds is 11. The second-order valence-corrected chi connectivity index (χ2v) is 4.69. The lowest BCUT2D eigenvalue weighted by Crippen LogP contribution is -2.27. The first kappa shape index (κ1) is 15.9. The van der Waals surface area contributed by atoms with Crippen LogP contribution in [0.4, 0.5) is 0 Å². The molecule has 0 rings (SSSR count). The quantitative estimate of drug-likeness (QED) is 0.545. The summed E-state index contributed by atoms with van der Waals surface area (Å²) in [6.45, 7) is 4.36. The molecule has 0 saturated heterocycles. The summed E-state index contributed by atoms with van der Waals surface area (Å²) in [5.74, 6) is 0. The molecule has 2 nitrogen and oxygen atoms in total. The predicted molar refractivity (Wildman–Crippen MR) is 69.7 cm³/mol. The molecule has 0 aromatic rings. The maximum atomic E-state index is 9.92. The number of aliphatic hydroxyl groups excluding tert-OH is 1. The Hall–Kier alpha value is -0.0800. The van der Waals surface area contributed by atoms with E-state index >= 15 is 0 Å². The van der Waals surface area contributed by atoms with Gasteiger partial charge in [-0.2, -0.15) is 0 Å². The van der Waals surface area contributed by atoms with E-state index in [-0.39, 0.29) is 12.2 Å². The summed E-state index contributed by atoms with van der Waals surface area (Å²) in [5.41, 5.74) is 0. The Bertz CT molecular complexity index is 137. The third kappa shape index (κ3) is 8.12. The van der Waals surface area contributed by atoms with Crippen LogP contribution in [0.2, 0.25) is 0 Å². The van der Waals surface area contributed by atoms with Crippen molar-refractivity contribution in [3.8, 4) is 0 Å². The molecule has 0 aliphatic rings. The van der Waals surface area contributed by atoms with Crippen LogP contribution in [0.1, 0.15) is 71.6 Å². The van der Waals surface area contributed by atoms with Crippen LogP contribution in [-0.2, 0) is 4.74 Å². The third-order valence-electron chi connectivity index (χ3n) is 3.16. The average molecular weight is 230 g/mol. The van der Waals surface area contributed by atoms with E-state index in [9.17, 15) is 5.11 Å². The van der Waals surface area contributed by atoms with Gasteiger partial charge in [-0.3, -0.25) is 0 Å². The smallest absolute Gasteiger partial charge is 0.0830 e. The van der Waals surface area contributed by atoms with E-state index in [1.54, 1.807) is 7.11 Å². The minimum absolute atomic E-state index is 0.0423. The van der Waals surface area contributed by atoms with Gasteiger partial charge >= 0.3 is 0 Å². The van der Waals surface area contributed by atoms with Gasteiger partial charge in [0.25, 0.3) is 0 Å². The number of unbranched alkanes of at least 4 members (excludes halogenated alkanes) is 5. The van der Waals surface area contributed by atoms with Gasteiger partial charge in [0.2, 0.25) is 0 Å². The summed E-state index contributed by atoms with van der Waals surface area (Å²) in [7, 11) is 1.70. The minimum Gasteiger partial charge on any atom is -0.390 e. The minimum atomic E-state index is -0.267. The highest BCUT2D eigenvalue weighted by atomic mass is 16.5. The van der Waals surface area contributed by atoms with Gasteiger partial charge in [-0.25, -0.2) is 0 Å². The van der Waals surface area contributed by atoms with Crippen LogP contribution >= 0.6 is 0 Å². The molecular formula is C14H30O2. The summed E-state index contributed by atoms with van der Waals surface area (Å²) >= 11 is 0. The number of ether oxygens (including phenoxy) is 1. The Kier molecular flexibility index (Phi) is 11.3. The summed E-state index contributed by atoms with van der Waals surface area (Å²) in [4.78, 5) is 0. The van der Waals surface area contributed by atoms with Gasteiger partial charge in [-0.1, -0.05) is 58.8 Å². The average Bonchev–Trinajstić information content (AvgIpc) is 2.30. The maximum absolute atomic E-state index is 9.92. The molecule has 1 N–H and O–H groups in total. The first-order valence-corrected chi connectivity index (χ1v) is 6.97. The monoisotopic (exact) mass is 230 g/mol. The first-order valence-electron chi connectivity index (χ1n) is 6.97. The molecule has 0 radical (unpaired) electrons. The first-order chi connectivity index (χ1) is 7.76. The van der Waals surface area contributed by atoms with Crippen molar-refractivity contribution in [2.24, 2.45) is 0 Å². The van der Waals surface area contributed by atoms with Gasteiger partial charge in [0.05, 0.1) is 12.2 Å². The van der Waals surface area contributed by atoms with E-state index in [2.05, 4.69) is 13.8 Å². The molecule has 0 spiro atoms. The number of hydrogen-bond donors (Lipinski definition) is 1. The molecule has 0 amide bonds. The van der Waals surface area contributed by atoms with Crippen LogP contribution in [0.5, 0.6) is 0 Å². The fourth-order valence-electron chi connectivity index (χ4n) is 2.07. The van der Waals surface area contributed by atoms with Crippen molar-refractivity contribution in [3.05, 3.63) is 0 Å². The fraction of sp³-hybridized carbons (Fsp3) is 1.00. The Balaban J connectivity index is 3.43. The van der Waals surface area contributed by atoms with Crippen LogP contribution in [0.25, 0.3) is 0 Å². The van der Waals surface area contributed by atoms with Crippen LogP contribution in [0, 0.1) is 0 Å². The summed E-state index contributed by atoms with van der Waals surface area (Å²) in [5, 5.41) is 9.92. The topological polar surface area (TPSA) is 29.5 Å². The zero-order valence-electron chi connectivity index (χ0n) is 11.4. The van der Waals surface area contributed by atoms with Crippen molar-refractivity contribution in [1.29, 1.82) is 0 Å². The van der Waals surface area contributed by atoms with Crippen molar-refractivity contribution < 1.29 is 9.84 Å². The highest BCUT2D eigenvalue weighted by Crippen LogP contribution is 2.14. The standard InChI is InChI=1S/C14H30O2/c1-4-6-7-8-9-10-12-13(15)14(16-3)11-5-2/h13-15H,4-12H2,1-3H3. The molecule has 0 saturated carbocycles. The number of aliphatic hydroxyl groups is 1. The molecule has 0 aromatic carbocycles. The Morgan fingerprint density at radius 2 is 1.50 bits per heavy atom. The molecule has 16 heavy (non-hydrogen) atoms. The van der Waals surface area contributed by atoms with E-state index < -0.39 is 0 Å². The second-order valence-electron chi connectivity index (χ2n) is 4.69. The van der Waals surface area contributed by atoms with Crippen molar-refractivity contribution in [1.82, 2.24) is 0 Å². The molecule has 0 bridgehead atoms. The second kappa shape index (κ2) is 11.4. The largest absolute Gasteiger partial charge is 0.390 e. The van der Waals surface area contributed by atoms with Gasteiger partial charge in [-0.15, -0.1) is 0 Å². The fourth-order valence-corrected chi connectivity index (χ4v) is 2.07. The van der Waals surface area contributed by atoms with E-state index in [1.807, 2.05) is 0 Å². The summed E-state index contributed by atoms with van der Waals surface area (Å²) < 4.78 is 5.30. The van der Waals surface area contributed by atoms with E-state index in [0.29, 0.717) is 0 Å². The van der Waals surface area contributed by atoms with Crippen LogP contribution < -0.4 is 0 Å². The zero-order chi connectivity index (χ0) is 12.2. The van der Waals surface area contributed by atoms with E-state index in [1.165, 1.54) is 32.1 Å². The van der Waals surface area contributed by atoms with Gasteiger partial charge in [0.15, 0.2) is 0 Å². The van der Waals surface area contributed by atoms with E-state index in [4.69, 9.17) is 4.74 Å². The summed E-state index contributed by atoms with van der Waals surface area (Å²) in [6.07, 6.45) is 10.4. The highest BCUT2D eigenvalue weighted by Gasteiger charge is 2.16. The number of methoxy groups -OCH3 is 1. The molecule has 0 aromatic heterocycles. The Labute approximate surface area is 101 Å². The number of hydrogen-bond acceptors (Lipinski definition) is 2. The van der Waals surface area contributed by atoms with E-state index in [0.717, 1.165) is 25.7 Å². The van der Waals surface area contributed by atoms with Crippen LogP contribution in [0.15, 0.2) is 0 Å². The normalized spacial score (nSPS) is 15.0. The Morgan fingerprint density at radius 3 is 2.06 bits per heavy atom. The lowest BCUT2D eigenvalue weighted by molar-refractivity contribution is -0.0211. The van der Waals surface area contributed by atoms with Gasteiger partial charge in [-0.05, 0) is 12.8 Å². The van der Waals surface area contributed by atoms with Crippen molar-refractivity contribution in [3.63, 3.8) is 0 Å². The van der Waals surface area contributed by atoms with Gasteiger partial charge in [0, 0.05) is 7.11 Å². The Morgan fingerprint density at radius 1 is 0.875 bits per heavy atom. The SMILES string of the molecule is CCCCCCCCC(O)C(CCC)OC. The van der Waals surface area contributed by atoms with Crippen LogP contribution in [0.3, 0.4) is 0 Å². The van der Waals surface area contributed by atoms with Crippen molar-refractivity contribution in [2.45, 2.75) is 83.8 Å². The maximum Gasteiger partial charge on any atom is 0.0830 e. The predicted octanol–water partition coefficient (Wildman–Crippen LogP) is 3.91. The summed E-state index contributed by atoms with van der Waals surface area (Å²) in [6, 6.07) is 0. The molecule has 2 atom stereocenters. The molecule has 2 heteroatoms. The molecule has 0 fully saturated rings. The highest BCUT2D eigenvalue weighted by molar-refractivity contribution is 4.68. The zero-order valence-corrected chi connectivity index (χ0v) is 11.4. The lowest BCUT2D eigenvalue weighted by Gasteiger charge is -2.20. The molecule has 0 aliphatic heterocycles. The van der Waals surface area contributed by atoms with Gasteiger partial charge in [0.1, 0.15) is 0 Å². The lowest BCUT2D eigenvalue weighted by atomic mass is 10.0. The molecule has 0 aliphatic carbocycles. The van der Waals surface area contributed by atoms with Crippen molar-refractivity contribution >= 4 is 0 Å². The molecule has 0 heterocycles. The van der Waals surface area contributed by atoms with Crippen molar-refractivity contribution in [2.75, 3.05) is 7.11 Å². The van der Waals surface area contributed by atoms with Gasteiger partial charge < -0.3 is 9.84 Å². The third-order valence-corrected chi connectivity index (χ3v) is 3.16.